The van der Waals surface area contributed by atoms with E-state index in [0.29, 0.717) is 6.54 Å². The van der Waals surface area contributed by atoms with Crippen LogP contribution in [0.1, 0.15) is 23.9 Å². The number of carbonyl (C=O) groups excluding carboxylic acids is 1. The lowest BCUT2D eigenvalue weighted by Crippen LogP contribution is -2.34. The molecule has 0 aliphatic carbocycles. The van der Waals surface area contributed by atoms with Gasteiger partial charge in [-0.2, -0.15) is 0 Å². The number of likely N-dealkylation sites (tertiary alicyclic amines) is 1. The zero-order chi connectivity index (χ0) is 11.5. The molecule has 0 radical (unpaired) electrons. The predicted octanol–water partition coefficient (Wildman–Crippen LogP) is 0.0596. The molecule has 1 aromatic heterocycles. The highest BCUT2D eigenvalue weighted by Gasteiger charge is 2.28. The van der Waals surface area contributed by atoms with Gasteiger partial charge in [-0.05, 0) is 19.4 Å². The van der Waals surface area contributed by atoms with E-state index in [1.54, 1.807) is 11.1 Å². The number of carbonyl (C=O) groups is 1. The molecule has 0 saturated carbocycles. The van der Waals surface area contributed by atoms with Gasteiger partial charge in [-0.15, -0.1) is 0 Å². The van der Waals surface area contributed by atoms with E-state index in [2.05, 4.69) is 9.97 Å². The maximum Gasteiger partial charge on any atom is 0.236 e. The highest BCUT2D eigenvalue weighted by atomic mass is 16.2. The smallest absolute Gasteiger partial charge is 0.236 e. The minimum Gasteiger partial charge on any atom is -0.341 e. The molecule has 2 heterocycles. The van der Waals surface area contributed by atoms with Crippen LogP contribution in [0.25, 0.3) is 0 Å². The molecule has 1 aromatic rings. The first-order valence-corrected chi connectivity index (χ1v) is 5.48. The summed E-state index contributed by atoms with van der Waals surface area (Å²) < 4.78 is 0. The molecular formula is C11H16N4O. The molecule has 1 aliphatic rings. The molecule has 1 aliphatic heterocycles. The normalized spacial score (nSPS) is 20.1. The van der Waals surface area contributed by atoms with E-state index < -0.39 is 0 Å². The van der Waals surface area contributed by atoms with Gasteiger partial charge < -0.3 is 10.6 Å². The van der Waals surface area contributed by atoms with Gasteiger partial charge in [0.1, 0.15) is 5.82 Å². The van der Waals surface area contributed by atoms with Crippen molar-refractivity contribution in [2.75, 3.05) is 19.6 Å². The van der Waals surface area contributed by atoms with Crippen LogP contribution < -0.4 is 5.73 Å². The molecule has 2 N–H and O–H groups in total. The maximum absolute atomic E-state index is 11.4. The van der Waals surface area contributed by atoms with Crippen LogP contribution >= 0.6 is 0 Å². The molecule has 0 bridgehead atoms. The molecule has 16 heavy (non-hydrogen) atoms. The van der Waals surface area contributed by atoms with Crippen LogP contribution in [0.3, 0.4) is 0 Å². The van der Waals surface area contributed by atoms with Crippen molar-refractivity contribution in [1.29, 1.82) is 0 Å². The number of aromatic nitrogens is 2. The summed E-state index contributed by atoms with van der Waals surface area (Å²) in [6, 6.07) is 1.88. The van der Waals surface area contributed by atoms with Crippen molar-refractivity contribution in [2.45, 2.75) is 19.3 Å². The summed E-state index contributed by atoms with van der Waals surface area (Å²) in [7, 11) is 0. The fourth-order valence-electron chi connectivity index (χ4n) is 1.99. The van der Waals surface area contributed by atoms with Crippen LogP contribution in [0.2, 0.25) is 0 Å². The van der Waals surface area contributed by atoms with Gasteiger partial charge in [-0.1, -0.05) is 0 Å². The van der Waals surface area contributed by atoms with E-state index in [0.717, 1.165) is 24.5 Å². The summed E-state index contributed by atoms with van der Waals surface area (Å²) in [6.07, 6.45) is 2.69. The van der Waals surface area contributed by atoms with Gasteiger partial charge >= 0.3 is 0 Å². The highest BCUT2D eigenvalue weighted by molar-refractivity contribution is 5.78. The summed E-state index contributed by atoms with van der Waals surface area (Å²) >= 11 is 0. The molecule has 1 atom stereocenters. The van der Waals surface area contributed by atoms with Gasteiger partial charge in [0.05, 0.1) is 6.54 Å². The van der Waals surface area contributed by atoms with Crippen molar-refractivity contribution in [3.63, 3.8) is 0 Å². The standard InChI is InChI=1S/C11H16N4O/c1-8-2-4-13-11(14-8)9-3-5-15(7-9)10(16)6-12/h2,4,9H,3,5-7,12H2,1H3/t9-/m0/s1. The van der Waals surface area contributed by atoms with Crippen molar-refractivity contribution in [3.05, 3.63) is 23.8 Å². The second-order valence-electron chi connectivity index (χ2n) is 4.09. The van der Waals surface area contributed by atoms with E-state index in [4.69, 9.17) is 5.73 Å². The minimum absolute atomic E-state index is 0.00940. The number of aryl methyl sites for hydroxylation is 1. The van der Waals surface area contributed by atoms with Gasteiger partial charge in [0.2, 0.25) is 5.91 Å². The van der Waals surface area contributed by atoms with Crippen LogP contribution in [-0.2, 0) is 4.79 Å². The lowest BCUT2D eigenvalue weighted by molar-refractivity contribution is -0.128. The minimum atomic E-state index is 0.00940. The van der Waals surface area contributed by atoms with Crippen molar-refractivity contribution in [3.8, 4) is 0 Å². The molecule has 0 aromatic carbocycles. The average Bonchev–Trinajstić information content (AvgIpc) is 2.77. The number of rotatable bonds is 2. The first-order valence-electron chi connectivity index (χ1n) is 5.48. The molecule has 5 nitrogen and oxygen atoms in total. The van der Waals surface area contributed by atoms with Gasteiger partial charge in [-0.3, -0.25) is 4.79 Å². The van der Waals surface area contributed by atoms with Crippen LogP contribution in [-0.4, -0.2) is 40.4 Å². The number of nitrogens with zero attached hydrogens (tertiary/aromatic N) is 3. The topological polar surface area (TPSA) is 72.1 Å². The Bertz CT molecular complexity index is 393. The Labute approximate surface area is 94.7 Å². The third-order valence-electron chi connectivity index (χ3n) is 2.89. The lowest BCUT2D eigenvalue weighted by Gasteiger charge is -2.14. The Kier molecular flexibility index (Phi) is 3.14. The van der Waals surface area contributed by atoms with Gasteiger partial charge in [0.15, 0.2) is 0 Å². The summed E-state index contributed by atoms with van der Waals surface area (Å²) in [5, 5.41) is 0. The van der Waals surface area contributed by atoms with E-state index >= 15 is 0 Å². The number of nitrogens with two attached hydrogens (primary N) is 1. The Morgan fingerprint density at radius 3 is 3.19 bits per heavy atom. The van der Waals surface area contributed by atoms with Crippen molar-refractivity contribution >= 4 is 5.91 Å². The largest absolute Gasteiger partial charge is 0.341 e. The third kappa shape index (κ3) is 2.19. The van der Waals surface area contributed by atoms with Gasteiger partial charge in [0, 0.05) is 30.9 Å². The number of amides is 1. The second-order valence-corrected chi connectivity index (χ2v) is 4.09. The van der Waals surface area contributed by atoms with E-state index in [1.165, 1.54) is 0 Å². The van der Waals surface area contributed by atoms with Crippen LogP contribution in [0.15, 0.2) is 12.3 Å². The molecule has 0 spiro atoms. The fourth-order valence-corrected chi connectivity index (χ4v) is 1.99. The Balaban J connectivity index is 2.06. The van der Waals surface area contributed by atoms with Crippen molar-refractivity contribution in [1.82, 2.24) is 14.9 Å². The summed E-state index contributed by atoms with van der Waals surface area (Å²) in [5.74, 6) is 1.11. The SMILES string of the molecule is Cc1ccnc([C@H]2CCN(C(=O)CN)C2)n1. The zero-order valence-electron chi connectivity index (χ0n) is 9.39. The molecule has 5 heteroatoms. The number of hydrogen-bond acceptors (Lipinski definition) is 4. The first kappa shape index (κ1) is 11.0. The van der Waals surface area contributed by atoms with Crippen molar-refractivity contribution in [2.24, 2.45) is 5.73 Å². The Morgan fingerprint density at radius 1 is 1.69 bits per heavy atom. The zero-order valence-corrected chi connectivity index (χ0v) is 9.39. The molecule has 1 saturated heterocycles. The predicted molar refractivity (Wildman–Crippen MR) is 59.8 cm³/mol. The van der Waals surface area contributed by atoms with Crippen LogP contribution in [0.4, 0.5) is 0 Å². The monoisotopic (exact) mass is 220 g/mol. The summed E-state index contributed by atoms with van der Waals surface area (Å²) in [5.41, 5.74) is 6.30. The highest BCUT2D eigenvalue weighted by Crippen LogP contribution is 2.24. The molecule has 86 valence electrons. The Morgan fingerprint density at radius 2 is 2.50 bits per heavy atom. The Hall–Kier alpha value is -1.49. The molecule has 1 amide bonds. The van der Waals surface area contributed by atoms with Crippen LogP contribution in [0.5, 0.6) is 0 Å². The van der Waals surface area contributed by atoms with Crippen molar-refractivity contribution < 1.29 is 4.79 Å². The molecule has 0 unspecified atom stereocenters. The second kappa shape index (κ2) is 4.57. The lowest BCUT2D eigenvalue weighted by atomic mass is 10.1. The molecular weight excluding hydrogens is 204 g/mol. The fraction of sp³-hybridized carbons (Fsp3) is 0.545. The number of hydrogen-bond donors (Lipinski definition) is 1. The van der Waals surface area contributed by atoms with Gasteiger partial charge in [0.25, 0.3) is 0 Å². The first-order chi connectivity index (χ1) is 7.70. The quantitative estimate of drug-likeness (QED) is 0.765. The third-order valence-corrected chi connectivity index (χ3v) is 2.89. The van der Waals surface area contributed by atoms with E-state index in [9.17, 15) is 4.79 Å². The maximum atomic E-state index is 11.4. The van der Waals surface area contributed by atoms with E-state index in [-0.39, 0.29) is 18.4 Å². The van der Waals surface area contributed by atoms with Gasteiger partial charge in [-0.25, -0.2) is 9.97 Å². The molecule has 1 fully saturated rings. The van der Waals surface area contributed by atoms with E-state index in [1.807, 2.05) is 13.0 Å². The molecule has 2 rings (SSSR count). The van der Waals surface area contributed by atoms with Crippen LogP contribution in [0, 0.1) is 6.92 Å². The summed E-state index contributed by atoms with van der Waals surface area (Å²) in [4.78, 5) is 21.9. The summed E-state index contributed by atoms with van der Waals surface area (Å²) in [6.45, 7) is 3.49. The average molecular weight is 220 g/mol.